The summed E-state index contributed by atoms with van der Waals surface area (Å²) >= 11 is 0. The first-order valence-corrected chi connectivity index (χ1v) is 10.9. The molecule has 31 heavy (non-hydrogen) atoms. The lowest BCUT2D eigenvalue weighted by molar-refractivity contribution is -0.122. The summed E-state index contributed by atoms with van der Waals surface area (Å²) < 4.78 is 5.77. The van der Waals surface area contributed by atoms with Crippen LogP contribution in [0.25, 0.3) is 10.9 Å². The summed E-state index contributed by atoms with van der Waals surface area (Å²) in [4.78, 5) is 15.7. The van der Waals surface area contributed by atoms with Crippen molar-refractivity contribution in [2.24, 2.45) is 5.10 Å². The lowest BCUT2D eigenvalue weighted by atomic mass is 10.0. The van der Waals surface area contributed by atoms with Crippen molar-refractivity contribution in [2.75, 3.05) is 6.61 Å². The summed E-state index contributed by atoms with van der Waals surface area (Å²) in [7, 11) is 0. The molecular weight excluding hydrogens is 390 g/mol. The molecule has 1 aromatic heterocycles. The van der Waals surface area contributed by atoms with Crippen LogP contribution in [0.1, 0.15) is 49.8 Å². The Labute approximate surface area is 182 Å². The number of fused-ring (bicyclic) bond motifs is 1. The second kappa shape index (κ2) is 10.2. The number of carbonyl (C=O) groups excluding carboxylic acids is 1. The van der Waals surface area contributed by atoms with Crippen molar-refractivity contribution in [3.05, 3.63) is 65.9 Å². The van der Waals surface area contributed by atoms with Crippen LogP contribution in [0.5, 0.6) is 5.75 Å². The van der Waals surface area contributed by atoms with Crippen LogP contribution in [0.3, 0.4) is 0 Å². The van der Waals surface area contributed by atoms with E-state index < -0.39 is 0 Å². The summed E-state index contributed by atoms with van der Waals surface area (Å²) in [5.74, 6) is 0.716. The predicted octanol–water partition coefficient (Wildman–Crippen LogP) is 3.79. The average molecular weight is 420 g/mol. The fourth-order valence-corrected chi connectivity index (χ4v) is 3.73. The quantitative estimate of drug-likeness (QED) is 0.241. The number of hydrazine groups is 1. The van der Waals surface area contributed by atoms with E-state index in [4.69, 9.17) is 4.74 Å². The first-order chi connectivity index (χ1) is 15.2. The Balaban J connectivity index is 1.27. The van der Waals surface area contributed by atoms with Crippen LogP contribution >= 0.6 is 0 Å². The Kier molecular flexibility index (Phi) is 6.96. The molecule has 2 aromatic carbocycles. The molecule has 3 aromatic rings. The molecule has 0 saturated carbocycles. The molecule has 2 heterocycles. The number of aromatic amines is 1. The number of benzene rings is 2. The van der Waals surface area contributed by atoms with E-state index in [2.05, 4.69) is 33.3 Å². The van der Waals surface area contributed by atoms with Gasteiger partial charge < -0.3 is 9.72 Å². The van der Waals surface area contributed by atoms with Crippen molar-refractivity contribution in [1.82, 2.24) is 21.3 Å². The summed E-state index contributed by atoms with van der Waals surface area (Å²) in [6.07, 6.45) is 7.63. The molecule has 1 fully saturated rings. The third-order valence-electron chi connectivity index (χ3n) is 5.52. The fraction of sp³-hybridized carbons (Fsp3) is 0.333. The predicted molar refractivity (Wildman–Crippen MR) is 123 cm³/mol. The monoisotopic (exact) mass is 419 g/mol. The summed E-state index contributed by atoms with van der Waals surface area (Å²) in [6.45, 7) is 2.93. The minimum atomic E-state index is -0.352. The highest BCUT2D eigenvalue weighted by molar-refractivity contribution is 5.99. The zero-order chi connectivity index (χ0) is 21.5. The fourth-order valence-electron chi connectivity index (χ4n) is 3.73. The molecule has 4 rings (SSSR count). The minimum Gasteiger partial charge on any atom is -0.494 e. The van der Waals surface area contributed by atoms with E-state index in [1.165, 1.54) is 12.8 Å². The van der Waals surface area contributed by atoms with E-state index >= 15 is 0 Å². The molecular formula is C24H29N5O2. The van der Waals surface area contributed by atoms with Gasteiger partial charge >= 0.3 is 0 Å². The van der Waals surface area contributed by atoms with Gasteiger partial charge in [0.15, 0.2) is 0 Å². The van der Waals surface area contributed by atoms with E-state index in [9.17, 15) is 4.79 Å². The topological polar surface area (TPSA) is 90.5 Å². The van der Waals surface area contributed by atoms with Gasteiger partial charge in [0.1, 0.15) is 11.8 Å². The van der Waals surface area contributed by atoms with Gasteiger partial charge in [0.25, 0.3) is 5.91 Å². The van der Waals surface area contributed by atoms with E-state index in [0.29, 0.717) is 6.42 Å². The molecule has 0 spiro atoms. The molecule has 4 N–H and O–H groups in total. The Bertz CT molecular complexity index is 1030. The summed E-state index contributed by atoms with van der Waals surface area (Å²) in [5.41, 5.74) is 12.0. The number of aromatic nitrogens is 1. The number of H-pyrrole nitrogens is 1. The SMILES string of the molecule is CCCCCOc1ccc(C2CC(C(=O)N/N=C/c3c[nH]c4ccccc34)NN2)cc1. The van der Waals surface area contributed by atoms with Crippen molar-refractivity contribution < 1.29 is 9.53 Å². The van der Waals surface area contributed by atoms with Crippen LogP contribution in [0.4, 0.5) is 0 Å². The minimum absolute atomic E-state index is 0.0579. The van der Waals surface area contributed by atoms with Crippen molar-refractivity contribution >= 4 is 23.0 Å². The highest BCUT2D eigenvalue weighted by Crippen LogP contribution is 2.24. The standard InChI is InChI=1S/C24H29N5O2/c1-2-3-6-13-31-19-11-9-17(10-12-19)22-14-23(28-27-22)24(30)29-26-16-18-15-25-21-8-5-4-7-20(18)21/h4-5,7-12,15-16,22-23,25,27-28H,2-3,6,13-14H2,1H3,(H,29,30)/b26-16+. The molecule has 2 atom stereocenters. The van der Waals surface area contributed by atoms with Crippen LogP contribution < -0.4 is 21.0 Å². The lowest BCUT2D eigenvalue weighted by Gasteiger charge is -2.11. The Morgan fingerprint density at radius 3 is 2.84 bits per heavy atom. The van der Waals surface area contributed by atoms with E-state index in [1.54, 1.807) is 6.21 Å². The van der Waals surface area contributed by atoms with Gasteiger partial charge in [0.05, 0.1) is 12.8 Å². The number of carbonyl (C=O) groups is 1. The van der Waals surface area contributed by atoms with Gasteiger partial charge in [-0.05, 0) is 36.6 Å². The second-order valence-electron chi connectivity index (χ2n) is 7.78. The van der Waals surface area contributed by atoms with Gasteiger partial charge in [-0.2, -0.15) is 5.10 Å². The number of rotatable bonds is 9. The van der Waals surface area contributed by atoms with Crippen molar-refractivity contribution in [2.45, 2.75) is 44.7 Å². The number of nitrogens with one attached hydrogen (secondary N) is 4. The van der Waals surface area contributed by atoms with Crippen molar-refractivity contribution in [1.29, 1.82) is 0 Å². The molecule has 1 aliphatic rings. The second-order valence-corrected chi connectivity index (χ2v) is 7.78. The Hall–Kier alpha value is -3.16. The molecule has 162 valence electrons. The molecule has 0 bridgehead atoms. The maximum atomic E-state index is 12.5. The van der Waals surface area contributed by atoms with Gasteiger partial charge in [0, 0.05) is 28.7 Å². The van der Waals surface area contributed by atoms with Crippen molar-refractivity contribution in [3.8, 4) is 5.75 Å². The molecule has 7 nitrogen and oxygen atoms in total. The molecule has 0 aliphatic carbocycles. The zero-order valence-electron chi connectivity index (χ0n) is 17.7. The van der Waals surface area contributed by atoms with Crippen LogP contribution in [-0.2, 0) is 4.79 Å². The molecule has 1 aliphatic heterocycles. The smallest absolute Gasteiger partial charge is 0.258 e. The van der Waals surface area contributed by atoms with E-state index in [0.717, 1.165) is 40.8 Å². The molecule has 1 saturated heterocycles. The number of hydrogen-bond acceptors (Lipinski definition) is 5. The first kappa shape index (κ1) is 21.1. The van der Waals surface area contributed by atoms with Crippen LogP contribution in [0, 0.1) is 0 Å². The van der Waals surface area contributed by atoms with Crippen molar-refractivity contribution in [3.63, 3.8) is 0 Å². The van der Waals surface area contributed by atoms with Gasteiger partial charge in [-0.25, -0.2) is 16.3 Å². The molecule has 2 unspecified atom stereocenters. The Morgan fingerprint density at radius 1 is 1.16 bits per heavy atom. The van der Waals surface area contributed by atoms with Crippen LogP contribution in [-0.4, -0.2) is 29.8 Å². The number of unbranched alkanes of at least 4 members (excludes halogenated alkanes) is 2. The largest absolute Gasteiger partial charge is 0.494 e. The molecule has 0 radical (unpaired) electrons. The highest BCUT2D eigenvalue weighted by atomic mass is 16.5. The normalized spacial score (nSPS) is 18.6. The average Bonchev–Trinajstić information content (AvgIpc) is 3.45. The lowest BCUT2D eigenvalue weighted by Crippen LogP contribution is -2.41. The van der Waals surface area contributed by atoms with E-state index in [-0.39, 0.29) is 18.0 Å². The van der Waals surface area contributed by atoms with Crippen LogP contribution in [0.2, 0.25) is 0 Å². The first-order valence-electron chi connectivity index (χ1n) is 10.9. The number of hydrazone groups is 1. The van der Waals surface area contributed by atoms with Gasteiger partial charge in [-0.15, -0.1) is 0 Å². The molecule has 1 amide bonds. The number of amides is 1. The number of nitrogens with zero attached hydrogens (tertiary/aromatic N) is 1. The highest BCUT2D eigenvalue weighted by Gasteiger charge is 2.30. The van der Waals surface area contributed by atoms with Crippen LogP contribution in [0.15, 0.2) is 59.8 Å². The summed E-state index contributed by atoms with van der Waals surface area (Å²) in [6, 6.07) is 15.7. The maximum Gasteiger partial charge on any atom is 0.258 e. The Morgan fingerprint density at radius 2 is 2.00 bits per heavy atom. The molecule has 7 heteroatoms. The maximum absolute atomic E-state index is 12.5. The third-order valence-corrected chi connectivity index (χ3v) is 5.52. The third kappa shape index (κ3) is 5.31. The van der Waals surface area contributed by atoms with Gasteiger partial charge in [0.2, 0.25) is 0 Å². The number of para-hydroxylation sites is 1. The zero-order valence-corrected chi connectivity index (χ0v) is 17.7. The number of ether oxygens (including phenoxy) is 1. The number of hydrogen-bond donors (Lipinski definition) is 4. The van der Waals surface area contributed by atoms with E-state index in [1.807, 2.05) is 54.7 Å². The van der Waals surface area contributed by atoms with Gasteiger partial charge in [-0.3, -0.25) is 4.79 Å². The summed E-state index contributed by atoms with van der Waals surface area (Å²) in [5, 5.41) is 5.20. The van der Waals surface area contributed by atoms with Gasteiger partial charge in [-0.1, -0.05) is 50.1 Å².